The van der Waals surface area contributed by atoms with Crippen molar-refractivity contribution < 1.29 is 4.79 Å². The maximum atomic E-state index is 12.3. The van der Waals surface area contributed by atoms with Gasteiger partial charge in [-0.15, -0.1) is 0 Å². The molecule has 1 amide bonds. The molecule has 0 spiro atoms. The van der Waals surface area contributed by atoms with Crippen LogP contribution in [0.4, 0.5) is 0 Å². The summed E-state index contributed by atoms with van der Waals surface area (Å²) >= 11 is 0. The second-order valence-corrected chi connectivity index (χ2v) is 6.11. The fourth-order valence-electron chi connectivity index (χ4n) is 3.33. The van der Waals surface area contributed by atoms with Crippen LogP contribution in [0.1, 0.15) is 37.4 Å². The lowest BCUT2D eigenvalue weighted by atomic mass is 9.93. The summed E-state index contributed by atoms with van der Waals surface area (Å²) in [6.45, 7) is 0. The number of aromatic nitrogens is 1. The van der Waals surface area contributed by atoms with Gasteiger partial charge in [-0.1, -0.05) is 24.3 Å². The molecule has 108 valence electrons. The van der Waals surface area contributed by atoms with E-state index in [1.54, 1.807) is 0 Å². The van der Waals surface area contributed by atoms with Gasteiger partial charge in [-0.05, 0) is 31.4 Å². The molecule has 4 rings (SSSR count). The summed E-state index contributed by atoms with van der Waals surface area (Å²) in [6.07, 6.45) is 3.52. The first-order valence-corrected chi connectivity index (χ1v) is 7.66. The lowest BCUT2D eigenvalue weighted by molar-refractivity contribution is -0.138. The van der Waals surface area contributed by atoms with Gasteiger partial charge in [0.2, 0.25) is 5.91 Å². The molecule has 4 heteroatoms. The Hall–Kier alpha value is -1.94. The van der Waals surface area contributed by atoms with Gasteiger partial charge in [-0.3, -0.25) is 9.78 Å². The van der Waals surface area contributed by atoms with Crippen molar-refractivity contribution in [2.45, 2.75) is 43.8 Å². The second kappa shape index (κ2) is 4.81. The van der Waals surface area contributed by atoms with Crippen molar-refractivity contribution in [3.63, 3.8) is 0 Å². The van der Waals surface area contributed by atoms with Crippen LogP contribution in [0.2, 0.25) is 0 Å². The number of hydrogen-bond acceptors (Lipinski definition) is 3. The number of carbonyl (C=O) groups excluding carboxylic acids is 1. The summed E-state index contributed by atoms with van der Waals surface area (Å²) in [6, 6.07) is 12.5. The number of para-hydroxylation sites is 1. The molecule has 0 radical (unpaired) electrons. The van der Waals surface area contributed by atoms with Crippen LogP contribution in [0.15, 0.2) is 36.4 Å². The maximum absolute atomic E-state index is 12.3. The number of carbonyl (C=O) groups is 1. The standard InChI is InChI=1S/C17H19N3O/c18-13-8-10-16(21)20(12-6-7-12)17(13)15-9-5-11-3-1-2-4-14(11)19-15/h1-5,9,12-13,17H,6-8,10,18H2. The van der Waals surface area contributed by atoms with Gasteiger partial charge in [-0.25, -0.2) is 0 Å². The molecule has 1 aliphatic heterocycles. The van der Waals surface area contributed by atoms with E-state index in [0.717, 1.165) is 35.9 Å². The molecule has 2 aromatic rings. The summed E-state index contributed by atoms with van der Waals surface area (Å²) in [4.78, 5) is 19.1. The number of likely N-dealkylation sites (tertiary alicyclic amines) is 1. The first kappa shape index (κ1) is 12.8. The Morgan fingerprint density at radius 2 is 1.90 bits per heavy atom. The van der Waals surface area contributed by atoms with Crippen LogP contribution < -0.4 is 5.73 Å². The summed E-state index contributed by atoms with van der Waals surface area (Å²) in [7, 11) is 0. The normalized spacial score (nSPS) is 26.3. The zero-order valence-electron chi connectivity index (χ0n) is 11.9. The topological polar surface area (TPSA) is 59.2 Å². The van der Waals surface area contributed by atoms with Crippen molar-refractivity contribution in [3.05, 3.63) is 42.1 Å². The van der Waals surface area contributed by atoms with Gasteiger partial charge in [0.1, 0.15) is 0 Å². The van der Waals surface area contributed by atoms with E-state index in [1.807, 2.05) is 29.2 Å². The molecule has 0 bridgehead atoms. The quantitative estimate of drug-likeness (QED) is 0.919. The lowest BCUT2D eigenvalue weighted by Crippen LogP contribution is -2.50. The van der Waals surface area contributed by atoms with Crippen LogP contribution in [0, 0.1) is 0 Å². The number of nitrogens with zero attached hydrogens (tertiary/aromatic N) is 2. The van der Waals surface area contributed by atoms with E-state index < -0.39 is 0 Å². The third kappa shape index (κ3) is 2.20. The molecule has 1 saturated carbocycles. The third-order valence-electron chi connectivity index (χ3n) is 4.55. The maximum Gasteiger partial charge on any atom is 0.223 e. The largest absolute Gasteiger partial charge is 0.330 e. The molecule has 2 fully saturated rings. The highest BCUT2D eigenvalue weighted by molar-refractivity contribution is 5.80. The van der Waals surface area contributed by atoms with Gasteiger partial charge in [0.15, 0.2) is 0 Å². The summed E-state index contributed by atoms with van der Waals surface area (Å²) in [5.41, 5.74) is 8.24. The minimum Gasteiger partial charge on any atom is -0.330 e. The predicted octanol–water partition coefficient (Wildman–Crippen LogP) is 2.39. The summed E-state index contributed by atoms with van der Waals surface area (Å²) < 4.78 is 0. The van der Waals surface area contributed by atoms with Crippen molar-refractivity contribution >= 4 is 16.8 Å². The van der Waals surface area contributed by atoms with Crippen molar-refractivity contribution in [2.75, 3.05) is 0 Å². The molecule has 21 heavy (non-hydrogen) atoms. The Kier molecular flexibility index (Phi) is 2.93. The minimum absolute atomic E-state index is 0.0167. The van der Waals surface area contributed by atoms with Gasteiger partial charge < -0.3 is 10.6 Å². The zero-order valence-corrected chi connectivity index (χ0v) is 11.9. The van der Waals surface area contributed by atoms with E-state index in [1.165, 1.54) is 0 Å². The summed E-state index contributed by atoms with van der Waals surface area (Å²) in [5.74, 6) is 0.235. The number of amides is 1. The first-order valence-electron chi connectivity index (χ1n) is 7.66. The molecule has 2 unspecified atom stereocenters. The van der Waals surface area contributed by atoms with E-state index in [9.17, 15) is 4.79 Å². The number of nitrogens with two attached hydrogens (primary N) is 1. The monoisotopic (exact) mass is 281 g/mol. The van der Waals surface area contributed by atoms with Crippen molar-refractivity contribution in [1.29, 1.82) is 0 Å². The smallest absolute Gasteiger partial charge is 0.223 e. The fraction of sp³-hybridized carbons (Fsp3) is 0.412. The second-order valence-electron chi connectivity index (χ2n) is 6.11. The van der Waals surface area contributed by atoms with Crippen LogP contribution in [0.25, 0.3) is 10.9 Å². The summed E-state index contributed by atoms with van der Waals surface area (Å²) in [5, 5.41) is 1.12. The fourth-order valence-corrected chi connectivity index (χ4v) is 3.33. The van der Waals surface area contributed by atoms with E-state index in [4.69, 9.17) is 10.7 Å². The van der Waals surface area contributed by atoms with Gasteiger partial charge in [-0.2, -0.15) is 0 Å². The van der Waals surface area contributed by atoms with Gasteiger partial charge in [0, 0.05) is 23.9 Å². The number of rotatable bonds is 2. The molecule has 1 aromatic carbocycles. The number of piperidine rings is 1. The van der Waals surface area contributed by atoms with Crippen LogP contribution >= 0.6 is 0 Å². The molecular formula is C17H19N3O. The number of benzene rings is 1. The van der Waals surface area contributed by atoms with Crippen LogP contribution in [-0.2, 0) is 4.79 Å². The molecule has 2 N–H and O–H groups in total. The van der Waals surface area contributed by atoms with Crippen LogP contribution in [0.3, 0.4) is 0 Å². The molecule has 1 aromatic heterocycles. The lowest BCUT2D eigenvalue weighted by Gasteiger charge is -2.39. The molecule has 1 aliphatic carbocycles. The molecular weight excluding hydrogens is 262 g/mol. The van der Waals surface area contributed by atoms with E-state index in [0.29, 0.717) is 12.5 Å². The van der Waals surface area contributed by atoms with E-state index in [-0.39, 0.29) is 18.0 Å². The molecule has 2 atom stereocenters. The van der Waals surface area contributed by atoms with Crippen LogP contribution in [0.5, 0.6) is 0 Å². The van der Waals surface area contributed by atoms with Gasteiger partial charge in [0.05, 0.1) is 17.3 Å². The van der Waals surface area contributed by atoms with Gasteiger partial charge in [0.25, 0.3) is 0 Å². The zero-order chi connectivity index (χ0) is 14.4. The number of fused-ring (bicyclic) bond motifs is 1. The average Bonchev–Trinajstić information content (AvgIpc) is 3.33. The minimum atomic E-state index is -0.0663. The van der Waals surface area contributed by atoms with E-state index >= 15 is 0 Å². The Labute approximate surface area is 124 Å². The Bertz CT molecular complexity index is 695. The van der Waals surface area contributed by atoms with Crippen molar-refractivity contribution in [1.82, 2.24) is 9.88 Å². The molecule has 2 heterocycles. The average molecular weight is 281 g/mol. The molecule has 1 saturated heterocycles. The Morgan fingerprint density at radius 1 is 1.10 bits per heavy atom. The molecule has 2 aliphatic rings. The molecule has 4 nitrogen and oxygen atoms in total. The van der Waals surface area contributed by atoms with E-state index in [2.05, 4.69) is 12.1 Å². The third-order valence-corrected chi connectivity index (χ3v) is 4.55. The first-order chi connectivity index (χ1) is 10.2. The highest BCUT2D eigenvalue weighted by Crippen LogP contribution is 2.39. The van der Waals surface area contributed by atoms with Crippen molar-refractivity contribution in [3.8, 4) is 0 Å². The Morgan fingerprint density at radius 3 is 2.71 bits per heavy atom. The SMILES string of the molecule is NC1CCC(=O)N(C2CC2)C1c1ccc2ccccc2n1. The number of hydrogen-bond donors (Lipinski definition) is 1. The van der Waals surface area contributed by atoms with Crippen molar-refractivity contribution in [2.24, 2.45) is 5.73 Å². The Balaban J connectivity index is 1.78. The number of pyridine rings is 1. The van der Waals surface area contributed by atoms with Crippen LogP contribution in [-0.4, -0.2) is 27.9 Å². The van der Waals surface area contributed by atoms with Gasteiger partial charge >= 0.3 is 0 Å². The predicted molar refractivity (Wildman–Crippen MR) is 81.6 cm³/mol. The highest BCUT2D eigenvalue weighted by Gasteiger charge is 2.43. The highest BCUT2D eigenvalue weighted by atomic mass is 16.2.